The van der Waals surface area contributed by atoms with Gasteiger partial charge in [0.25, 0.3) is 5.97 Å². The van der Waals surface area contributed by atoms with Gasteiger partial charge in [0.2, 0.25) is 0 Å². The zero-order chi connectivity index (χ0) is 9.56. The number of nitrogens with zero attached hydrogens (tertiary/aromatic N) is 2. The van der Waals surface area contributed by atoms with Gasteiger partial charge in [0.1, 0.15) is 6.23 Å². The Morgan fingerprint density at radius 3 is 2.33 bits per heavy atom. The maximum Gasteiger partial charge on any atom is 0.300 e. The lowest BCUT2D eigenvalue weighted by atomic mass is 10.6. The van der Waals surface area contributed by atoms with Crippen molar-refractivity contribution in [1.82, 2.24) is 9.55 Å². The summed E-state index contributed by atoms with van der Waals surface area (Å²) in [7, 11) is 0. The van der Waals surface area contributed by atoms with Crippen LogP contribution in [-0.2, 0) is 4.79 Å². The molecule has 0 aliphatic rings. The van der Waals surface area contributed by atoms with Gasteiger partial charge in [-0.05, 0) is 6.92 Å². The van der Waals surface area contributed by atoms with E-state index < -0.39 is 12.2 Å². The molecular weight excluding hydrogens is 160 g/mol. The first-order valence-corrected chi connectivity index (χ1v) is 3.39. The van der Waals surface area contributed by atoms with Crippen molar-refractivity contribution in [3.63, 3.8) is 0 Å². The minimum Gasteiger partial charge on any atom is -0.481 e. The summed E-state index contributed by atoms with van der Waals surface area (Å²) in [5.41, 5.74) is 0. The Kier molecular flexibility index (Phi) is 4.71. The van der Waals surface area contributed by atoms with Gasteiger partial charge in [0.05, 0.1) is 6.33 Å². The van der Waals surface area contributed by atoms with Gasteiger partial charge in [-0.15, -0.1) is 0 Å². The molecule has 5 nitrogen and oxygen atoms in total. The number of rotatable bonds is 1. The summed E-state index contributed by atoms with van der Waals surface area (Å²) in [5, 5.41) is 16.3. The molecule has 12 heavy (non-hydrogen) atoms. The van der Waals surface area contributed by atoms with Gasteiger partial charge in [-0.25, -0.2) is 4.98 Å². The second kappa shape index (κ2) is 5.31. The quantitative estimate of drug-likeness (QED) is 0.646. The maximum atomic E-state index is 9.00. The number of aliphatic hydroxyl groups is 1. The van der Waals surface area contributed by atoms with E-state index in [1.54, 1.807) is 30.2 Å². The third kappa shape index (κ3) is 5.43. The van der Waals surface area contributed by atoms with Crippen molar-refractivity contribution < 1.29 is 15.0 Å². The number of hydrogen-bond donors (Lipinski definition) is 2. The molecule has 0 fully saturated rings. The van der Waals surface area contributed by atoms with E-state index in [9.17, 15) is 0 Å². The van der Waals surface area contributed by atoms with Gasteiger partial charge < -0.3 is 14.8 Å². The standard InChI is InChI=1S/C5H8N2O.C2H4O2/c1-5(8)7-3-2-6-4-7;1-2(3)4/h2-5,8H,1H3;1H3,(H,3,4). The number of hydrogen-bond acceptors (Lipinski definition) is 3. The van der Waals surface area contributed by atoms with E-state index in [2.05, 4.69) is 4.98 Å². The van der Waals surface area contributed by atoms with E-state index in [0.29, 0.717) is 0 Å². The monoisotopic (exact) mass is 172 g/mol. The van der Waals surface area contributed by atoms with Gasteiger partial charge in [0.15, 0.2) is 0 Å². The second-order valence-corrected chi connectivity index (χ2v) is 2.16. The first-order chi connectivity index (χ1) is 5.54. The first-order valence-electron chi connectivity index (χ1n) is 3.39. The summed E-state index contributed by atoms with van der Waals surface area (Å²) in [6.07, 6.45) is 4.46. The van der Waals surface area contributed by atoms with Crippen LogP contribution in [-0.4, -0.2) is 25.7 Å². The minimum atomic E-state index is -0.833. The van der Waals surface area contributed by atoms with Crippen molar-refractivity contribution in [2.75, 3.05) is 0 Å². The summed E-state index contributed by atoms with van der Waals surface area (Å²) in [5.74, 6) is -0.833. The molecule has 1 aromatic rings. The molecule has 0 amide bonds. The van der Waals surface area contributed by atoms with Gasteiger partial charge in [-0.1, -0.05) is 0 Å². The number of carboxylic acid groups (broad SMARTS) is 1. The van der Waals surface area contributed by atoms with Crippen molar-refractivity contribution in [2.45, 2.75) is 20.1 Å². The lowest BCUT2D eigenvalue weighted by Crippen LogP contribution is -1.98. The lowest BCUT2D eigenvalue weighted by molar-refractivity contribution is -0.134. The molecule has 68 valence electrons. The fourth-order valence-corrected chi connectivity index (χ4v) is 0.490. The summed E-state index contributed by atoms with van der Waals surface area (Å²) < 4.78 is 1.61. The van der Waals surface area contributed by atoms with Crippen LogP contribution >= 0.6 is 0 Å². The zero-order valence-electron chi connectivity index (χ0n) is 7.01. The van der Waals surface area contributed by atoms with Crippen LogP contribution in [0.5, 0.6) is 0 Å². The van der Waals surface area contributed by atoms with Crippen LogP contribution in [0.2, 0.25) is 0 Å². The molecule has 0 saturated carbocycles. The van der Waals surface area contributed by atoms with Crippen molar-refractivity contribution in [1.29, 1.82) is 0 Å². The van der Waals surface area contributed by atoms with Crippen LogP contribution in [0.15, 0.2) is 18.7 Å². The fraction of sp³-hybridized carbons (Fsp3) is 0.429. The van der Waals surface area contributed by atoms with Crippen LogP contribution < -0.4 is 0 Å². The predicted molar refractivity (Wildman–Crippen MR) is 42.5 cm³/mol. The average Bonchev–Trinajstić information content (AvgIpc) is 2.34. The zero-order valence-corrected chi connectivity index (χ0v) is 7.01. The van der Waals surface area contributed by atoms with Crippen LogP contribution in [0.25, 0.3) is 0 Å². The highest BCUT2D eigenvalue weighted by Gasteiger charge is 1.92. The molecular formula is C7H12N2O3. The molecule has 1 unspecified atom stereocenters. The summed E-state index contributed by atoms with van der Waals surface area (Å²) >= 11 is 0. The highest BCUT2D eigenvalue weighted by molar-refractivity contribution is 5.62. The molecule has 0 spiro atoms. The third-order valence-electron chi connectivity index (χ3n) is 0.956. The highest BCUT2D eigenvalue weighted by Crippen LogP contribution is 1.96. The van der Waals surface area contributed by atoms with E-state index in [1.165, 1.54) is 0 Å². The summed E-state index contributed by atoms with van der Waals surface area (Å²) in [6.45, 7) is 2.77. The normalized spacial score (nSPS) is 11.2. The van der Waals surface area contributed by atoms with E-state index in [0.717, 1.165) is 6.92 Å². The molecule has 0 aliphatic heterocycles. The van der Waals surface area contributed by atoms with Crippen LogP contribution in [0.3, 0.4) is 0 Å². The number of aliphatic carboxylic acids is 1. The van der Waals surface area contributed by atoms with E-state index in [4.69, 9.17) is 15.0 Å². The predicted octanol–water partition coefficient (Wildman–Crippen LogP) is 0.485. The number of carbonyl (C=O) groups is 1. The second-order valence-electron chi connectivity index (χ2n) is 2.16. The third-order valence-corrected chi connectivity index (χ3v) is 0.956. The minimum absolute atomic E-state index is 0.461. The Morgan fingerprint density at radius 2 is 2.17 bits per heavy atom. The van der Waals surface area contributed by atoms with Crippen molar-refractivity contribution in [2.24, 2.45) is 0 Å². The van der Waals surface area contributed by atoms with E-state index >= 15 is 0 Å². The van der Waals surface area contributed by atoms with Gasteiger partial charge in [-0.3, -0.25) is 4.79 Å². The van der Waals surface area contributed by atoms with Crippen molar-refractivity contribution in [3.8, 4) is 0 Å². The molecule has 5 heteroatoms. The summed E-state index contributed by atoms with van der Waals surface area (Å²) in [4.78, 5) is 12.7. The molecule has 1 atom stereocenters. The van der Waals surface area contributed by atoms with Crippen LogP contribution in [0.1, 0.15) is 20.1 Å². The fourth-order valence-electron chi connectivity index (χ4n) is 0.490. The van der Waals surface area contributed by atoms with Crippen molar-refractivity contribution >= 4 is 5.97 Å². The number of aliphatic hydroxyl groups excluding tert-OH is 1. The molecule has 0 radical (unpaired) electrons. The smallest absolute Gasteiger partial charge is 0.300 e. The maximum absolute atomic E-state index is 9.00. The average molecular weight is 172 g/mol. The highest BCUT2D eigenvalue weighted by atomic mass is 16.4. The Balaban J connectivity index is 0.000000261. The van der Waals surface area contributed by atoms with Crippen molar-refractivity contribution in [3.05, 3.63) is 18.7 Å². The Labute approximate surface area is 70.3 Å². The largest absolute Gasteiger partial charge is 0.481 e. The molecule has 0 aliphatic carbocycles. The molecule has 0 bridgehead atoms. The molecule has 1 heterocycles. The number of carboxylic acids is 1. The Morgan fingerprint density at radius 1 is 1.67 bits per heavy atom. The van der Waals surface area contributed by atoms with E-state index in [1.807, 2.05) is 0 Å². The summed E-state index contributed by atoms with van der Waals surface area (Å²) in [6, 6.07) is 0. The van der Waals surface area contributed by atoms with Crippen LogP contribution in [0, 0.1) is 0 Å². The molecule has 1 aromatic heterocycles. The lowest BCUT2D eigenvalue weighted by Gasteiger charge is -2.01. The molecule has 0 saturated heterocycles. The van der Waals surface area contributed by atoms with E-state index in [-0.39, 0.29) is 0 Å². The molecule has 2 N–H and O–H groups in total. The Bertz CT molecular complexity index is 215. The number of aromatic nitrogens is 2. The Hall–Kier alpha value is -1.36. The van der Waals surface area contributed by atoms with Gasteiger partial charge >= 0.3 is 0 Å². The SMILES string of the molecule is CC(=O)O.CC(O)n1ccnc1. The van der Waals surface area contributed by atoms with Gasteiger partial charge in [-0.2, -0.15) is 0 Å². The molecule has 0 aromatic carbocycles. The topological polar surface area (TPSA) is 75.3 Å². The first kappa shape index (κ1) is 10.6. The molecule has 1 rings (SSSR count). The van der Waals surface area contributed by atoms with Crippen LogP contribution in [0.4, 0.5) is 0 Å². The number of imidazole rings is 1. The van der Waals surface area contributed by atoms with Gasteiger partial charge in [0, 0.05) is 19.3 Å².